The summed E-state index contributed by atoms with van der Waals surface area (Å²) >= 11 is 0. The van der Waals surface area contributed by atoms with E-state index in [0.29, 0.717) is 12.8 Å². The van der Waals surface area contributed by atoms with Crippen LogP contribution in [0.3, 0.4) is 0 Å². The molecule has 41 heavy (non-hydrogen) atoms. The maximum atomic E-state index is 14.5. The summed E-state index contributed by atoms with van der Waals surface area (Å²) in [6.07, 6.45) is 11.6. The van der Waals surface area contributed by atoms with Crippen LogP contribution in [0.5, 0.6) is 0 Å². The molecule has 5 rings (SSSR count). The summed E-state index contributed by atoms with van der Waals surface area (Å²) in [5.41, 5.74) is -0.428. The molecule has 0 aromatic heterocycles. The molecule has 5 aliphatic carbocycles. The lowest BCUT2D eigenvalue weighted by atomic mass is 9.33. The minimum Gasteiger partial charge on any atom is -0.481 e. The number of amides is 1. The van der Waals surface area contributed by atoms with Crippen molar-refractivity contribution in [3.05, 3.63) is 23.8 Å². The summed E-state index contributed by atoms with van der Waals surface area (Å²) in [7, 11) is 0. The number of ketones is 1. The molecule has 5 aliphatic rings. The predicted octanol–water partition coefficient (Wildman–Crippen LogP) is 6.18. The third kappa shape index (κ3) is 4.18. The van der Waals surface area contributed by atoms with Crippen LogP contribution in [-0.2, 0) is 19.2 Å². The van der Waals surface area contributed by atoms with Crippen LogP contribution in [0.4, 0.5) is 0 Å². The van der Waals surface area contributed by atoms with Gasteiger partial charge in [0.1, 0.15) is 0 Å². The summed E-state index contributed by atoms with van der Waals surface area (Å²) in [4.78, 5) is 50.2. The van der Waals surface area contributed by atoms with Gasteiger partial charge in [-0.3, -0.25) is 14.4 Å². The molecule has 0 bridgehead atoms. The average molecular weight is 568 g/mol. The predicted molar refractivity (Wildman–Crippen MR) is 156 cm³/mol. The largest absolute Gasteiger partial charge is 0.481 e. The van der Waals surface area contributed by atoms with E-state index in [-0.39, 0.29) is 56.7 Å². The Labute approximate surface area is 244 Å². The number of hydrogen-bond donors (Lipinski definition) is 3. The van der Waals surface area contributed by atoms with Crippen LogP contribution < -0.4 is 5.32 Å². The van der Waals surface area contributed by atoms with Crippen molar-refractivity contribution in [3.63, 3.8) is 0 Å². The van der Waals surface area contributed by atoms with Gasteiger partial charge in [-0.05, 0) is 110 Å². The molecule has 7 heteroatoms. The standard InChI is InChI=1S/C34H49NO6/c1-29(2)23-10-13-34(7)27(32(23,5)12-11-24(29)35-25(37)8-9-26(38)39)22(36)18-20-21-19-31(4,28(40)41)15-14-30(21,3)16-17-33(20,34)6/h8-9,18,21,23-24,27H,10-17,19H2,1-7H3,(H,35,37)(H,38,39)(H,40,41)/b9-8+/t21-,23-,24-,27+,30+,31-,32-,33+,34+/m0/s1. The summed E-state index contributed by atoms with van der Waals surface area (Å²) in [5.74, 6) is -1.87. The minimum absolute atomic E-state index is 0.0260. The highest BCUT2D eigenvalue weighted by atomic mass is 16.4. The Balaban J connectivity index is 1.50. The van der Waals surface area contributed by atoms with Gasteiger partial charge >= 0.3 is 11.9 Å². The number of carbonyl (C=O) groups is 4. The summed E-state index contributed by atoms with van der Waals surface area (Å²) in [5, 5.41) is 22.1. The molecule has 4 saturated carbocycles. The second-order valence-corrected chi connectivity index (χ2v) is 16.2. The smallest absolute Gasteiger partial charge is 0.328 e. The van der Waals surface area contributed by atoms with Crippen LogP contribution in [0.25, 0.3) is 0 Å². The minimum atomic E-state index is -1.15. The zero-order chi connectivity index (χ0) is 30.4. The fourth-order valence-corrected chi connectivity index (χ4v) is 11.0. The van der Waals surface area contributed by atoms with Gasteiger partial charge in [0.25, 0.3) is 0 Å². The molecule has 4 fully saturated rings. The Bertz CT molecular complexity index is 1250. The fourth-order valence-electron chi connectivity index (χ4n) is 11.0. The molecule has 0 aliphatic heterocycles. The molecule has 0 radical (unpaired) electrons. The zero-order valence-corrected chi connectivity index (χ0v) is 25.9. The van der Waals surface area contributed by atoms with Gasteiger partial charge < -0.3 is 15.5 Å². The van der Waals surface area contributed by atoms with Crippen LogP contribution in [0.2, 0.25) is 0 Å². The van der Waals surface area contributed by atoms with E-state index in [4.69, 9.17) is 5.11 Å². The number of nitrogens with one attached hydrogen (secondary N) is 1. The van der Waals surface area contributed by atoms with Crippen molar-refractivity contribution in [3.8, 4) is 0 Å². The van der Waals surface area contributed by atoms with E-state index < -0.39 is 23.3 Å². The van der Waals surface area contributed by atoms with Gasteiger partial charge in [-0.25, -0.2) is 4.79 Å². The second kappa shape index (κ2) is 9.28. The Morgan fingerprint density at radius 2 is 1.54 bits per heavy atom. The van der Waals surface area contributed by atoms with E-state index in [2.05, 4.69) is 46.9 Å². The number of aliphatic carboxylic acids is 2. The lowest BCUT2D eigenvalue weighted by Gasteiger charge is -2.70. The van der Waals surface area contributed by atoms with Crippen LogP contribution in [-0.4, -0.2) is 39.9 Å². The number of hydrogen-bond acceptors (Lipinski definition) is 4. The summed E-state index contributed by atoms with van der Waals surface area (Å²) < 4.78 is 0. The first kappa shape index (κ1) is 30.0. The molecule has 3 N–H and O–H groups in total. The molecule has 0 aromatic rings. The highest BCUT2D eigenvalue weighted by Gasteiger charge is 2.70. The third-order valence-electron chi connectivity index (χ3n) is 13.8. The molecule has 0 unspecified atom stereocenters. The Kier molecular flexibility index (Phi) is 6.80. The third-order valence-corrected chi connectivity index (χ3v) is 13.8. The first-order chi connectivity index (χ1) is 18.8. The normalized spacial score (nSPS) is 46.8. The first-order valence-corrected chi connectivity index (χ1v) is 15.5. The SMILES string of the molecule is CC1(C)[C@@H](NC(=O)/C=C/C(=O)O)CC[C@]2(C)[C@H]3C(=O)C=C4[C@@H]5C[C@@](C)(C(=O)O)CC[C@]5(C)CC[C@@]4(C)[C@]3(C)CC[C@@H]12. The summed E-state index contributed by atoms with van der Waals surface area (Å²) in [6.45, 7) is 15.6. The molecule has 0 saturated heterocycles. The number of allylic oxidation sites excluding steroid dienone is 2. The van der Waals surface area contributed by atoms with Gasteiger partial charge in [-0.1, -0.05) is 47.1 Å². The zero-order valence-electron chi connectivity index (χ0n) is 25.9. The number of carboxylic acid groups (broad SMARTS) is 2. The number of carbonyl (C=O) groups excluding carboxylic acids is 2. The van der Waals surface area contributed by atoms with Crippen molar-refractivity contribution in [1.82, 2.24) is 5.32 Å². The van der Waals surface area contributed by atoms with Crippen LogP contribution >= 0.6 is 0 Å². The fraction of sp³-hybridized carbons (Fsp3) is 0.765. The van der Waals surface area contributed by atoms with E-state index in [1.807, 2.05) is 13.0 Å². The number of fused-ring (bicyclic) bond motifs is 7. The van der Waals surface area contributed by atoms with Gasteiger partial charge in [-0.15, -0.1) is 0 Å². The van der Waals surface area contributed by atoms with E-state index in [9.17, 15) is 24.3 Å². The van der Waals surface area contributed by atoms with Crippen LogP contribution in [0.1, 0.15) is 106 Å². The van der Waals surface area contributed by atoms with E-state index in [0.717, 1.165) is 57.1 Å². The van der Waals surface area contributed by atoms with Crippen LogP contribution in [0.15, 0.2) is 23.8 Å². The molecule has 226 valence electrons. The monoisotopic (exact) mass is 567 g/mol. The van der Waals surface area contributed by atoms with Gasteiger partial charge in [0.2, 0.25) is 5.91 Å². The van der Waals surface area contributed by atoms with Crippen molar-refractivity contribution in [2.24, 2.45) is 50.2 Å². The van der Waals surface area contributed by atoms with Crippen LogP contribution in [0, 0.1) is 50.2 Å². The van der Waals surface area contributed by atoms with Crippen molar-refractivity contribution in [1.29, 1.82) is 0 Å². The topological polar surface area (TPSA) is 121 Å². The number of rotatable bonds is 4. The molecule has 7 nitrogen and oxygen atoms in total. The molecule has 9 atom stereocenters. The molecule has 0 heterocycles. The molecule has 0 spiro atoms. The Hall–Kier alpha value is -2.44. The highest BCUT2D eigenvalue weighted by molar-refractivity contribution is 5.96. The quantitative estimate of drug-likeness (QED) is 0.349. The highest BCUT2D eigenvalue weighted by Crippen LogP contribution is 2.75. The maximum Gasteiger partial charge on any atom is 0.328 e. The van der Waals surface area contributed by atoms with E-state index >= 15 is 0 Å². The molecule has 1 amide bonds. The van der Waals surface area contributed by atoms with Gasteiger partial charge in [-0.2, -0.15) is 0 Å². The lowest BCUT2D eigenvalue weighted by molar-refractivity contribution is -0.189. The first-order valence-electron chi connectivity index (χ1n) is 15.5. The van der Waals surface area contributed by atoms with Gasteiger partial charge in [0, 0.05) is 24.1 Å². The maximum absolute atomic E-state index is 14.5. The summed E-state index contributed by atoms with van der Waals surface area (Å²) in [6, 6.07) is -0.109. The van der Waals surface area contributed by atoms with Crippen molar-refractivity contribution >= 4 is 23.6 Å². The lowest BCUT2D eigenvalue weighted by Crippen LogP contribution is -2.67. The van der Waals surface area contributed by atoms with Gasteiger partial charge in [0.05, 0.1) is 5.41 Å². The Morgan fingerprint density at radius 1 is 0.878 bits per heavy atom. The second-order valence-electron chi connectivity index (χ2n) is 16.2. The molecular weight excluding hydrogens is 518 g/mol. The molecular formula is C34H49NO6. The van der Waals surface area contributed by atoms with Crippen molar-refractivity contribution in [2.75, 3.05) is 0 Å². The Morgan fingerprint density at radius 3 is 2.17 bits per heavy atom. The van der Waals surface area contributed by atoms with E-state index in [1.165, 1.54) is 5.57 Å². The van der Waals surface area contributed by atoms with Gasteiger partial charge in [0.15, 0.2) is 5.78 Å². The average Bonchev–Trinajstić information content (AvgIpc) is 2.86. The number of carboxylic acids is 2. The van der Waals surface area contributed by atoms with E-state index in [1.54, 1.807) is 0 Å². The van der Waals surface area contributed by atoms with Crippen molar-refractivity contribution in [2.45, 2.75) is 112 Å². The molecule has 0 aromatic carbocycles. The van der Waals surface area contributed by atoms with Crippen molar-refractivity contribution < 1.29 is 29.4 Å².